The van der Waals surface area contributed by atoms with Gasteiger partial charge >= 0.3 is 0 Å². The monoisotopic (exact) mass is 285 g/mol. The van der Waals surface area contributed by atoms with Crippen LogP contribution in [0.25, 0.3) is 10.2 Å². The van der Waals surface area contributed by atoms with Gasteiger partial charge in [0.25, 0.3) is 0 Å². The molecule has 6 heteroatoms. The van der Waals surface area contributed by atoms with Crippen molar-refractivity contribution in [3.8, 4) is 0 Å². The van der Waals surface area contributed by atoms with Crippen molar-refractivity contribution >= 4 is 50.7 Å². The molecule has 3 heterocycles. The van der Waals surface area contributed by atoms with Gasteiger partial charge in [0.05, 0.1) is 5.39 Å². The molecule has 0 aromatic carbocycles. The summed E-state index contributed by atoms with van der Waals surface area (Å²) >= 11 is 9.61. The van der Waals surface area contributed by atoms with Gasteiger partial charge in [-0.05, 0) is 23.0 Å². The van der Waals surface area contributed by atoms with Crippen LogP contribution < -0.4 is 4.90 Å². The van der Waals surface area contributed by atoms with Crippen LogP contribution in [-0.2, 0) is 0 Å². The summed E-state index contributed by atoms with van der Waals surface area (Å²) in [7, 11) is 0. The van der Waals surface area contributed by atoms with Crippen LogP contribution >= 0.6 is 34.7 Å². The van der Waals surface area contributed by atoms with Crippen molar-refractivity contribution in [2.24, 2.45) is 0 Å². The first-order valence-electron chi connectivity index (χ1n) is 5.51. The Kier molecular flexibility index (Phi) is 3.15. The SMILES string of the molecule is CC1CN(c2nc(Cl)nc3sccc23)CCS1. The van der Waals surface area contributed by atoms with Crippen LogP contribution in [0.4, 0.5) is 5.82 Å². The molecule has 0 bridgehead atoms. The highest BCUT2D eigenvalue weighted by Crippen LogP contribution is 2.31. The molecule has 3 nitrogen and oxygen atoms in total. The van der Waals surface area contributed by atoms with Crippen LogP contribution in [-0.4, -0.2) is 34.1 Å². The fraction of sp³-hybridized carbons (Fsp3) is 0.455. The number of nitrogens with zero attached hydrogens (tertiary/aromatic N) is 3. The van der Waals surface area contributed by atoms with Gasteiger partial charge in [0.15, 0.2) is 0 Å². The first-order chi connectivity index (χ1) is 8.24. The second-order valence-corrected chi connectivity index (χ2v) is 6.86. The van der Waals surface area contributed by atoms with E-state index >= 15 is 0 Å². The van der Waals surface area contributed by atoms with Crippen LogP contribution in [0.15, 0.2) is 11.4 Å². The van der Waals surface area contributed by atoms with Crippen molar-refractivity contribution in [3.05, 3.63) is 16.7 Å². The maximum absolute atomic E-state index is 5.99. The predicted molar refractivity (Wildman–Crippen MR) is 76.6 cm³/mol. The molecule has 0 amide bonds. The van der Waals surface area contributed by atoms with Gasteiger partial charge in [0.2, 0.25) is 5.28 Å². The van der Waals surface area contributed by atoms with E-state index in [1.54, 1.807) is 11.3 Å². The van der Waals surface area contributed by atoms with Gasteiger partial charge in [-0.15, -0.1) is 11.3 Å². The molecule has 2 aromatic heterocycles. The fourth-order valence-corrected chi connectivity index (χ4v) is 4.05. The molecule has 2 aromatic rings. The maximum atomic E-state index is 5.99. The van der Waals surface area contributed by atoms with Crippen LogP contribution in [0.1, 0.15) is 6.92 Å². The molecule has 90 valence electrons. The van der Waals surface area contributed by atoms with E-state index in [1.807, 2.05) is 17.1 Å². The lowest BCUT2D eigenvalue weighted by atomic mass is 10.3. The molecule has 0 aliphatic carbocycles. The van der Waals surface area contributed by atoms with Crippen molar-refractivity contribution in [1.82, 2.24) is 9.97 Å². The second-order valence-electron chi connectivity index (χ2n) is 4.08. The first-order valence-corrected chi connectivity index (χ1v) is 7.82. The standard InChI is InChI=1S/C11H12ClN3S2/c1-7-6-15(3-5-16-7)9-8-2-4-17-10(8)14-11(12)13-9/h2,4,7H,3,5-6H2,1H3. The van der Waals surface area contributed by atoms with Crippen LogP contribution in [0, 0.1) is 0 Å². The minimum Gasteiger partial charge on any atom is -0.354 e. The Hall–Kier alpha value is -0.520. The molecule has 0 radical (unpaired) electrons. The lowest BCUT2D eigenvalue weighted by Crippen LogP contribution is -2.37. The van der Waals surface area contributed by atoms with E-state index in [2.05, 4.69) is 27.9 Å². The Balaban J connectivity index is 2.06. The summed E-state index contributed by atoms with van der Waals surface area (Å²) in [4.78, 5) is 12.0. The van der Waals surface area contributed by atoms with Crippen molar-refractivity contribution in [3.63, 3.8) is 0 Å². The largest absolute Gasteiger partial charge is 0.354 e. The number of thiophene rings is 1. The number of fused-ring (bicyclic) bond motifs is 1. The molecule has 17 heavy (non-hydrogen) atoms. The third kappa shape index (κ3) is 2.23. The van der Waals surface area contributed by atoms with E-state index in [9.17, 15) is 0 Å². The molecule has 1 atom stereocenters. The lowest BCUT2D eigenvalue weighted by molar-refractivity contribution is 0.773. The van der Waals surface area contributed by atoms with Crippen LogP contribution in [0.2, 0.25) is 5.28 Å². The number of anilines is 1. The van der Waals surface area contributed by atoms with E-state index in [4.69, 9.17) is 11.6 Å². The van der Waals surface area contributed by atoms with E-state index in [1.165, 1.54) is 0 Å². The predicted octanol–water partition coefficient (Wildman–Crippen LogP) is 3.29. The van der Waals surface area contributed by atoms with Gasteiger partial charge in [-0.2, -0.15) is 16.7 Å². The quantitative estimate of drug-likeness (QED) is 0.752. The van der Waals surface area contributed by atoms with E-state index in [0.29, 0.717) is 10.5 Å². The zero-order valence-electron chi connectivity index (χ0n) is 9.39. The van der Waals surface area contributed by atoms with Gasteiger partial charge in [0.1, 0.15) is 10.6 Å². The second kappa shape index (κ2) is 4.63. The topological polar surface area (TPSA) is 29.0 Å². The molecule has 0 saturated carbocycles. The zero-order valence-corrected chi connectivity index (χ0v) is 11.8. The summed E-state index contributed by atoms with van der Waals surface area (Å²) in [5.74, 6) is 2.14. The van der Waals surface area contributed by atoms with Crippen LogP contribution in [0.3, 0.4) is 0 Å². The highest BCUT2D eigenvalue weighted by molar-refractivity contribution is 8.00. The van der Waals surface area contributed by atoms with E-state index < -0.39 is 0 Å². The van der Waals surface area contributed by atoms with Crippen molar-refractivity contribution in [2.75, 3.05) is 23.7 Å². The normalized spacial score (nSPS) is 21.1. The number of hydrogen-bond donors (Lipinski definition) is 0. The number of aromatic nitrogens is 2. The Morgan fingerprint density at radius 1 is 1.47 bits per heavy atom. The van der Waals surface area contributed by atoms with Crippen molar-refractivity contribution in [1.29, 1.82) is 0 Å². The summed E-state index contributed by atoms with van der Waals surface area (Å²) in [6.07, 6.45) is 0. The van der Waals surface area contributed by atoms with Crippen molar-refractivity contribution < 1.29 is 0 Å². The summed E-state index contributed by atoms with van der Waals surface area (Å²) in [5, 5.41) is 4.16. The average Bonchev–Trinajstić information content (AvgIpc) is 2.75. The zero-order chi connectivity index (χ0) is 11.8. The Morgan fingerprint density at radius 3 is 3.18 bits per heavy atom. The van der Waals surface area contributed by atoms with Gasteiger partial charge in [-0.25, -0.2) is 4.98 Å². The molecule has 1 fully saturated rings. The van der Waals surface area contributed by atoms with Crippen molar-refractivity contribution in [2.45, 2.75) is 12.2 Å². The van der Waals surface area contributed by atoms with Gasteiger partial charge < -0.3 is 4.90 Å². The molecule has 1 saturated heterocycles. The Morgan fingerprint density at radius 2 is 2.35 bits per heavy atom. The fourth-order valence-electron chi connectivity index (χ4n) is 2.07. The summed E-state index contributed by atoms with van der Waals surface area (Å²) in [6, 6.07) is 2.08. The lowest BCUT2D eigenvalue weighted by Gasteiger charge is -2.31. The highest BCUT2D eigenvalue weighted by atomic mass is 35.5. The smallest absolute Gasteiger partial charge is 0.225 e. The average molecular weight is 286 g/mol. The summed E-state index contributed by atoms with van der Waals surface area (Å²) in [5.41, 5.74) is 0. The van der Waals surface area contributed by atoms with Gasteiger partial charge in [-0.3, -0.25) is 0 Å². The highest BCUT2D eigenvalue weighted by Gasteiger charge is 2.21. The number of thioether (sulfide) groups is 1. The molecule has 0 spiro atoms. The molecule has 3 rings (SSSR count). The molecule has 1 unspecified atom stereocenters. The number of halogens is 1. The molecule has 0 N–H and O–H groups in total. The summed E-state index contributed by atoms with van der Waals surface area (Å²) < 4.78 is 0. The van der Waals surface area contributed by atoms with E-state index in [-0.39, 0.29) is 0 Å². The third-order valence-corrected chi connectivity index (χ3v) is 4.93. The molecule has 1 aliphatic heterocycles. The van der Waals surface area contributed by atoms with E-state index in [0.717, 1.165) is 34.9 Å². The molecule has 1 aliphatic rings. The molecular formula is C11H12ClN3S2. The number of hydrogen-bond acceptors (Lipinski definition) is 5. The number of rotatable bonds is 1. The van der Waals surface area contributed by atoms with Gasteiger partial charge in [-0.1, -0.05) is 6.92 Å². The van der Waals surface area contributed by atoms with Gasteiger partial charge in [0, 0.05) is 24.1 Å². The Bertz CT molecular complexity index is 542. The third-order valence-electron chi connectivity index (χ3n) is 2.82. The minimum atomic E-state index is 0.348. The Labute approximate surface area is 113 Å². The minimum absolute atomic E-state index is 0.348. The summed E-state index contributed by atoms with van der Waals surface area (Å²) in [6.45, 7) is 4.32. The molecular weight excluding hydrogens is 274 g/mol. The maximum Gasteiger partial charge on any atom is 0.225 e. The van der Waals surface area contributed by atoms with Crippen LogP contribution in [0.5, 0.6) is 0 Å². The first kappa shape index (κ1) is 11.6.